The van der Waals surface area contributed by atoms with Gasteiger partial charge < -0.3 is 10.7 Å². The molecule has 88 valence electrons. The van der Waals surface area contributed by atoms with Crippen molar-refractivity contribution in [2.75, 3.05) is 0 Å². The van der Waals surface area contributed by atoms with Crippen LogP contribution in [-0.4, -0.2) is 9.97 Å². The highest BCUT2D eigenvalue weighted by molar-refractivity contribution is 5.13. The van der Waals surface area contributed by atoms with Gasteiger partial charge in [0.05, 0.1) is 11.2 Å². The average Bonchev–Trinajstić information content (AvgIpc) is 2.65. The molecule has 1 saturated carbocycles. The first-order chi connectivity index (χ1) is 7.51. The molecule has 0 aromatic carbocycles. The molecule has 4 nitrogen and oxygen atoms in total. The van der Waals surface area contributed by atoms with Gasteiger partial charge in [0.1, 0.15) is 5.82 Å². The maximum absolute atomic E-state index is 11.6. The molecular weight excluding hydrogens is 202 g/mol. The molecule has 3 N–H and O–H groups in total. The lowest BCUT2D eigenvalue weighted by Gasteiger charge is -2.22. The molecular formula is C12H19N3O. The SMILES string of the molecule is CC(C)c1cc(=O)[nH]c(C2(N)CCCC2)n1. The second-order valence-corrected chi connectivity index (χ2v) is 5.04. The lowest BCUT2D eigenvalue weighted by Crippen LogP contribution is -2.37. The van der Waals surface area contributed by atoms with Crippen LogP contribution in [0.4, 0.5) is 0 Å². The molecule has 0 amide bonds. The molecule has 0 spiro atoms. The third-order valence-electron chi connectivity index (χ3n) is 3.32. The van der Waals surface area contributed by atoms with E-state index in [1.807, 2.05) is 13.8 Å². The van der Waals surface area contributed by atoms with E-state index in [0.29, 0.717) is 5.82 Å². The highest BCUT2D eigenvalue weighted by Gasteiger charge is 2.33. The number of nitrogens with zero attached hydrogens (tertiary/aromatic N) is 1. The average molecular weight is 221 g/mol. The van der Waals surface area contributed by atoms with Crippen LogP contribution in [0.3, 0.4) is 0 Å². The predicted octanol–water partition coefficient (Wildman–Crippen LogP) is 1.62. The molecule has 1 aliphatic rings. The van der Waals surface area contributed by atoms with Crippen molar-refractivity contribution in [2.24, 2.45) is 5.73 Å². The molecule has 0 unspecified atom stereocenters. The van der Waals surface area contributed by atoms with Crippen LogP contribution in [0, 0.1) is 0 Å². The zero-order valence-corrected chi connectivity index (χ0v) is 9.92. The Morgan fingerprint density at radius 2 is 2.06 bits per heavy atom. The van der Waals surface area contributed by atoms with Crippen LogP contribution >= 0.6 is 0 Å². The molecule has 0 radical (unpaired) electrons. The Hall–Kier alpha value is -1.16. The van der Waals surface area contributed by atoms with Crippen molar-refractivity contribution < 1.29 is 0 Å². The normalized spacial score (nSPS) is 19.2. The van der Waals surface area contributed by atoms with Gasteiger partial charge in [-0.1, -0.05) is 26.7 Å². The fourth-order valence-corrected chi connectivity index (χ4v) is 2.25. The summed E-state index contributed by atoms with van der Waals surface area (Å²) in [6, 6.07) is 1.56. The van der Waals surface area contributed by atoms with Gasteiger partial charge in [-0.15, -0.1) is 0 Å². The zero-order valence-electron chi connectivity index (χ0n) is 9.92. The van der Waals surface area contributed by atoms with Crippen LogP contribution in [0.25, 0.3) is 0 Å². The number of rotatable bonds is 2. The van der Waals surface area contributed by atoms with Crippen molar-refractivity contribution in [3.8, 4) is 0 Å². The number of nitrogens with one attached hydrogen (secondary N) is 1. The monoisotopic (exact) mass is 221 g/mol. The Bertz CT molecular complexity index is 430. The van der Waals surface area contributed by atoms with Crippen LogP contribution in [0.5, 0.6) is 0 Å². The summed E-state index contributed by atoms with van der Waals surface area (Å²) in [6.45, 7) is 4.06. The van der Waals surface area contributed by atoms with E-state index in [0.717, 1.165) is 31.4 Å². The van der Waals surface area contributed by atoms with Gasteiger partial charge in [-0.25, -0.2) is 4.98 Å². The van der Waals surface area contributed by atoms with E-state index in [4.69, 9.17) is 5.73 Å². The van der Waals surface area contributed by atoms with E-state index in [9.17, 15) is 4.79 Å². The highest BCUT2D eigenvalue weighted by atomic mass is 16.1. The smallest absolute Gasteiger partial charge is 0.251 e. The minimum Gasteiger partial charge on any atom is -0.319 e. The molecule has 1 heterocycles. The van der Waals surface area contributed by atoms with Crippen molar-refractivity contribution in [1.82, 2.24) is 9.97 Å². The Morgan fingerprint density at radius 3 is 2.62 bits per heavy atom. The van der Waals surface area contributed by atoms with E-state index in [1.54, 1.807) is 6.07 Å². The molecule has 0 bridgehead atoms. The lowest BCUT2D eigenvalue weighted by atomic mass is 9.97. The van der Waals surface area contributed by atoms with Crippen LogP contribution in [0.2, 0.25) is 0 Å². The first kappa shape index (κ1) is 11.3. The number of H-pyrrole nitrogens is 1. The topological polar surface area (TPSA) is 71.8 Å². The Balaban J connectivity index is 2.44. The molecule has 4 heteroatoms. The Morgan fingerprint density at radius 1 is 1.44 bits per heavy atom. The van der Waals surface area contributed by atoms with Gasteiger partial charge in [0.15, 0.2) is 0 Å². The quantitative estimate of drug-likeness (QED) is 0.797. The molecule has 0 atom stereocenters. The molecule has 1 aliphatic carbocycles. The van der Waals surface area contributed by atoms with E-state index in [2.05, 4.69) is 9.97 Å². The number of aromatic nitrogens is 2. The summed E-state index contributed by atoms with van der Waals surface area (Å²) in [4.78, 5) is 18.9. The molecule has 0 aliphatic heterocycles. The maximum Gasteiger partial charge on any atom is 0.251 e. The molecule has 1 fully saturated rings. The molecule has 1 aromatic heterocycles. The Labute approximate surface area is 95.3 Å². The number of hydrogen-bond donors (Lipinski definition) is 2. The number of nitrogens with two attached hydrogens (primary N) is 1. The summed E-state index contributed by atoms with van der Waals surface area (Å²) in [5, 5.41) is 0. The first-order valence-electron chi connectivity index (χ1n) is 5.92. The fraction of sp³-hybridized carbons (Fsp3) is 0.667. The van der Waals surface area contributed by atoms with Gasteiger partial charge in [0.25, 0.3) is 5.56 Å². The van der Waals surface area contributed by atoms with Gasteiger partial charge >= 0.3 is 0 Å². The third kappa shape index (κ3) is 2.02. The van der Waals surface area contributed by atoms with Gasteiger partial charge in [-0.2, -0.15) is 0 Å². The lowest BCUT2D eigenvalue weighted by molar-refractivity contribution is 0.427. The van der Waals surface area contributed by atoms with Crippen LogP contribution in [0.1, 0.15) is 57.0 Å². The number of aromatic amines is 1. The van der Waals surface area contributed by atoms with E-state index in [1.165, 1.54) is 0 Å². The largest absolute Gasteiger partial charge is 0.319 e. The maximum atomic E-state index is 11.6. The zero-order chi connectivity index (χ0) is 11.8. The van der Waals surface area contributed by atoms with Crippen LogP contribution in [-0.2, 0) is 5.54 Å². The van der Waals surface area contributed by atoms with E-state index in [-0.39, 0.29) is 11.5 Å². The number of hydrogen-bond acceptors (Lipinski definition) is 3. The predicted molar refractivity (Wildman–Crippen MR) is 63.3 cm³/mol. The van der Waals surface area contributed by atoms with E-state index >= 15 is 0 Å². The van der Waals surface area contributed by atoms with Crippen LogP contribution < -0.4 is 11.3 Å². The first-order valence-corrected chi connectivity index (χ1v) is 5.92. The van der Waals surface area contributed by atoms with Gasteiger partial charge in [0.2, 0.25) is 0 Å². The summed E-state index contributed by atoms with van der Waals surface area (Å²) in [5.41, 5.74) is 6.61. The minimum absolute atomic E-state index is 0.0922. The molecule has 16 heavy (non-hydrogen) atoms. The summed E-state index contributed by atoms with van der Waals surface area (Å²) in [5.74, 6) is 0.923. The van der Waals surface area contributed by atoms with Gasteiger partial charge in [-0.05, 0) is 18.8 Å². The third-order valence-corrected chi connectivity index (χ3v) is 3.32. The second-order valence-electron chi connectivity index (χ2n) is 5.04. The van der Waals surface area contributed by atoms with Gasteiger partial charge in [-0.3, -0.25) is 4.79 Å². The van der Waals surface area contributed by atoms with Crippen molar-refractivity contribution in [3.05, 3.63) is 27.9 Å². The fourth-order valence-electron chi connectivity index (χ4n) is 2.25. The van der Waals surface area contributed by atoms with Crippen LogP contribution in [0.15, 0.2) is 10.9 Å². The summed E-state index contributed by atoms with van der Waals surface area (Å²) >= 11 is 0. The Kier molecular flexibility index (Phi) is 2.84. The summed E-state index contributed by atoms with van der Waals surface area (Å²) in [7, 11) is 0. The van der Waals surface area contributed by atoms with Crippen molar-refractivity contribution in [1.29, 1.82) is 0 Å². The minimum atomic E-state index is -0.413. The van der Waals surface area contributed by atoms with Crippen molar-refractivity contribution >= 4 is 0 Å². The summed E-state index contributed by atoms with van der Waals surface area (Å²) in [6.07, 6.45) is 4.06. The molecule has 0 saturated heterocycles. The standard InChI is InChI=1S/C12H19N3O/c1-8(2)9-7-10(16)15-11(14-9)12(13)5-3-4-6-12/h7-8H,3-6,13H2,1-2H3,(H,14,15,16). The van der Waals surface area contributed by atoms with Crippen molar-refractivity contribution in [2.45, 2.75) is 51.0 Å². The van der Waals surface area contributed by atoms with Gasteiger partial charge in [0, 0.05) is 6.07 Å². The molecule has 2 rings (SSSR count). The molecule has 1 aromatic rings. The summed E-state index contributed by atoms with van der Waals surface area (Å²) < 4.78 is 0. The van der Waals surface area contributed by atoms with E-state index < -0.39 is 5.54 Å². The highest BCUT2D eigenvalue weighted by Crippen LogP contribution is 2.34. The van der Waals surface area contributed by atoms with Crippen molar-refractivity contribution in [3.63, 3.8) is 0 Å². The second kappa shape index (κ2) is 4.01.